The molecule has 1 atom stereocenters. The smallest absolute Gasteiger partial charge is 0.295 e. The number of hydrogen-bond acceptors (Lipinski definition) is 8. The maximum atomic E-state index is 13.1. The van der Waals surface area contributed by atoms with Crippen molar-refractivity contribution in [1.82, 2.24) is 9.80 Å². The van der Waals surface area contributed by atoms with Gasteiger partial charge in [0.2, 0.25) is 0 Å². The molecule has 0 radical (unpaired) electrons. The Bertz CT molecular complexity index is 1120. The molecular formula is C25H27N3O7. The minimum atomic E-state index is -0.859. The van der Waals surface area contributed by atoms with Crippen LogP contribution in [0.15, 0.2) is 54.1 Å². The summed E-state index contributed by atoms with van der Waals surface area (Å²) in [5, 5.41) is 22.2. The molecule has 2 saturated heterocycles. The Balaban J connectivity index is 1.68. The molecule has 2 aromatic rings. The zero-order valence-electron chi connectivity index (χ0n) is 19.4. The van der Waals surface area contributed by atoms with Gasteiger partial charge in [0, 0.05) is 43.9 Å². The molecule has 2 aliphatic heterocycles. The fourth-order valence-corrected chi connectivity index (χ4v) is 4.43. The average molecular weight is 482 g/mol. The molecule has 0 spiro atoms. The highest BCUT2D eigenvalue weighted by Crippen LogP contribution is 2.40. The number of likely N-dealkylation sites (tertiary alicyclic amines) is 1. The van der Waals surface area contributed by atoms with E-state index in [1.54, 1.807) is 24.3 Å². The van der Waals surface area contributed by atoms with Gasteiger partial charge in [0.05, 0.1) is 36.9 Å². The Kier molecular flexibility index (Phi) is 7.42. The Labute approximate surface area is 202 Å². The summed E-state index contributed by atoms with van der Waals surface area (Å²) in [6.07, 6.45) is 0.624. The highest BCUT2D eigenvalue weighted by molar-refractivity contribution is 6.46. The van der Waals surface area contributed by atoms with Crippen molar-refractivity contribution in [3.8, 4) is 5.75 Å². The summed E-state index contributed by atoms with van der Waals surface area (Å²) in [6.45, 7) is 3.97. The lowest BCUT2D eigenvalue weighted by Crippen LogP contribution is -2.38. The third-order valence-electron chi connectivity index (χ3n) is 6.30. The van der Waals surface area contributed by atoms with Crippen molar-refractivity contribution in [3.63, 3.8) is 0 Å². The number of Topliss-reactive ketones (excluding diaryl/α,β-unsaturated/α-hetero) is 1. The van der Waals surface area contributed by atoms with E-state index in [0.717, 1.165) is 19.6 Å². The summed E-state index contributed by atoms with van der Waals surface area (Å²) >= 11 is 0. The number of amides is 1. The monoisotopic (exact) mass is 481 g/mol. The molecule has 10 heteroatoms. The van der Waals surface area contributed by atoms with Crippen LogP contribution in [0.2, 0.25) is 0 Å². The van der Waals surface area contributed by atoms with Crippen LogP contribution in [0.4, 0.5) is 5.69 Å². The van der Waals surface area contributed by atoms with Gasteiger partial charge in [0.15, 0.2) is 0 Å². The number of nitro benzene ring substituents is 1. The van der Waals surface area contributed by atoms with Gasteiger partial charge >= 0.3 is 0 Å². The van der Waals surface area contributed by atoms with Crippen molar-refractivity contribution in [3.05, 3.63) is 75.3 Å². The molecule has 0 bridgehead atoms. The summed E-state index contributed by atoms with van der Waals surface area (Å²) < 4.78 is 10.5. The molecule has 2 aromatic carbocycles. The molecular weight excluding hydrogens is 454 g/mol. The van der Waals surface area contributed by atoms with Gasteiger partial charge in [-0.3, -0.25) is 24.6 Å². The van der Waals surface area contributed by atoms with E-state index in [1.165, 1.54) is 36.3 Å². The normalized spacial score (nSPS) is 20.3. The number of benzene rings is 2. The van der Waals surface area contributed by atoms with Crippen molar-refractivity contribution in [2.24, 2.45) is 0 Å². The number of nitro groups is 1. The first-order chi connectivity index (χ1) is 16.9. The highest BCUT2D eigenvalue weighted by atomic mass is 16.6. The fraction of sp³-hybridized carbons (Fsp3) is 0.360. The lowest BCUT2D eigenvalue weighted by molar-refractivity contribution is -0.384. The van der Waals surface area contributed by atoms with Gasteiger partial charge in [-0.2, -0.15) is 0 Å². The summed E-state index contributed by atoms with van der Waals surface area (Å²) in [4.78, 5) is 40.5. The number of aliphatic hydroxyl groups excluding tert-OH is 1. The number of rotatable bonds is 8. The fourth-order valence-electron chi connectivity index (χ4n) is 4.43. The van der Waals surface area contributed by atoms with Crippen LogP contribution < -0.4 is 4.74 Å². The van der Waals surface area contributed by atoms with Crippen LogP contribution >= 0.6 is 0 Å². The van der Waals surface area contributed by atoms with Crippen LogP contribution in [-0.2, 0) is 14.3 Å². The number of carbonyl (C=O) groups is 2. The first kappa shape index (κ1) is 24.4. The number of hydrogen-bond donors (Lipinski definition) is 1. The Morgan fingerprint density at radius 3 is 2.34 bits per heavy atom. The second-order valence-electron chi connectivity index (χ2n) is 8.38. The predicted molar refractivity (Wildman–Crippen MR) is 127 cm³/mol. The molecule has 0 aromatic heterocycles. The predicted octanol–water partition coefficient (Wildman–Crippen LogP) is 2.75. The number of methoxy groups -OCH3 is 1. The summed E-state index contributed by atoms with van der Waals surface area (Å²) in [6, 6.07) is 11.3. The summed E-state index contributed by atoms with van der Waals surface area (Å²) in [5.74, 6) is -1.21. The van der Waals surface area contributed by atoms with E-state index in [2.05, 4.69) is 4.90 Å². The van der Waals surface area contributed by atoms with E-state index in [9.17, 15) is 24.8 Å². The highest BCUT2D eigenvalue weighted by Gasteiger charge is 2.45. The topological polar surface area (TPSA) is 122 Å². The summed E-state index contributed by atoms with van der Waals surface area (Å²) in [7, 11) is 1.52. The van der Waals surface area contributed by atoms with Gasteiger partial charge in [-0.25, -0.2) is 0 Å². The van der Waals surface area contributed by atoms with E-state index in [4.69, 9.17) is 9.47 Å². The lowest BCUT2D eigenvalue weighted by atomic mass is 9.95. The van der Waals surface area contributed by atoms with E-state index in [1.807, 2.05) is 0 Å². The first-order valence-corrected chi connectivity index (χ1v) is 11.4. The van der Waals surface area contributed by atoms with Gasteiger partial charge in [-0.05, 0) is 48.4 Å². The molecule has 2 aliphatic rings. The Morgan fingerprint density at radius 1 is 1.09 bits per heavy atom. The zero-order valence-corrected chi connectivity index (χ0v) is 19.4. The summed E-state index contributed by atoms with van der Waals surface area (Å²) in [5.41, 5.74) is 0.730. The SMILES string of the molecule is COc1ccc(/C(O)=C2\C(=O)C(=O)N(CCCN3CCOCC3)[C@@H]2c2ccc([N+](=O)[O-])cc2)cc1. The number of carbonyl (C=O) groups excluding carboxylic acids is 2. The Morgan fingerprint density at radius 2 is 1.74 bits per heavy atom. The van der Waals surface area contributed by atoms with Crippen molar-refractivity contribution in [2.45, 2.75) is 12.5 Å². The number of nitrogens with zero attached hydrogens (tertiary/aromatic N) is 3. The van der Waals surface area contributed by atoms with E-state index in [-0.39, 0.29) is 17.0 Å². The number of ether oxygens (including phenoxy) is 2. The van der Waals surface area contributed by atoms with Crippen LogP contribution in [0.3, 0.4) is 0 Å². The van der Waals surface area contributed by atoms with Crippen LogP contribution in [0, 0.1) is 10.1 Å². The van der Waals surface area contributed by atoms with Crippen molar-refractivity contribution in [2.75, 3.05) is 46.5 Å². The van der Waals surface area contributed by atoms with Gasteiger partial charge in [-0.1, -0.05) is 0 Å². The standard InChI is InChI=1S/C25H27N3O7/c1-34-20-9-5-18(6-10-20)23(29)21-22(17-3-7-19(8-4-17)28(32)33)27(25(31)24(21)30)12-2-11-26-13-15-35-16-14-26/h3-10,22,29H,2,11-16H2,1H3/b23-21+/t22-/m1/s1. The molecule has 0 aliphatic carbocycles. The van der Waals surface area contributed by atoms with Gasteiger partial charge in [0.25, 0.3) is 17.4 Å². The first-order valence-electron chi connectivity index (χ1n) is 11.4. The molecule has 0 saturated carbocycles. The third kappa shape index (κ3) is 5.18. The van der Waals surface area contributed by atoms with E-state index >= 15 is 0 Å². The van der Waals surface area contributed by atoms with Crippen LogP contribution in [0.5, 0.6) is 5.75 Å². The Hall–Kier alpha value is -3.76. The van der Waals surface area contributed by atoms with Crippen LogP contribution in [-0.4, -0.2) is 78.0 Å². The van der Waals surface area contributed by atoms with Crippen molar-refractivity contribution in [1.29, 1.82) is 0 Å². The molecule has 35 heavy (non-hydrogen) atoms. The second-order valence-corrected chi connectivity index (χ2v) is 8.38. The average Bonchev–Trinajstić information content (AvgIpc) is 3.14. The van der Waals surface area contributed by atoms with Crippen LogP contribution in [0.1, 0.15) is 23.6 Å². The molecule has 1 N–H and O–H groups in total. The minimum absolute atomic E-state index is 0.0413. The van der Waals surface area contributed by atoms with Crippen LogP contribution in [0.25, 0.3) is 5.76 Å². The molecule has 10 nitrogen and oxygen atoms in total. The molecule has 1 amide bonds. The maximum absolute atomic E-state index is 13.1. The lowest BCUT2D eigenvalue weighted by Gasteiger charge is -2.29. The minimum Gasteiger partial charge on any atom is -0.507 e. The molecule has 4 rings (SSSR count). The third-order valence-corrected chi connectivity index (χ3v) is 6.30. The van der Waals surface area contributed by atoms with E-state index < -0.39 is 22.7 Å². The largest absolute Gasteiger partial charge is 0.507 e. The van der Waals surface area contributed by atoms with Gasteiger partial charge < -0.3 is 19.5 Å². The zero-order chi connectivity index (χ0) is 24.9. The van der Waals surface area contributed by atoms with Gasteiger partial charge in [-0.15, -0.1) is 0 Å². The number of aliphatic hydroxyl groups is 1. The maximum Gasteiger partial charge on any atom is 0.295 e. The number of ketones is 1. The molecule has 2 heterocycles. The van der Waals surface area contributed by atoms with Crippen molar-refractivity contribution >= 4 is 23.1 Å². The molecule has 0 unspecified atom stereocenters. The second kappa shape index (κ2) is 10.7. The quantitative estimate of drug-likeness (QED) is 0.201. The molecule has 184 valence electrons. The van der Waals surface area contributed by atoms with E-state index in [0.29, 0.717) is 43.1 Å². The number of morpholine rings is 1. The van der Waals surface area contributed by atoms with Gasteiger partial charge in [0.1, 0.15) is 11.5 Å². The van der Waals surface area contributed by atoms with Crippen molar-refractivity contribution < 1.29 is 29.1 Å². The number of non-ortho nitro benzene ring substituents is 1. The molecule has 2 fully saturated rings.